The maximum atomic E-state index is 13.9. The van der Waals surface area contributed by atoms with Crippen LogP contribution < -0.4 is 16.4 Å². The van der Waals surface area contributed by atoms with Crippen molar-refractivity contribution in [1.82, 2.24) is 15.5 Å². The van der Waals surface area contributed by atoms with Gasteiger partial charge in [-0.15, -0.1) is 0 Å². The van der Waals surface area contributed by atoms with Gasteiger partial charge in [0, 0.05) is 12.6 Å². The van der Waals surface area contributed by atoms with Crippen molar-refractivity contribution >= 4 is 29.8 Å². The highest BCUT2D eigenvalue weighted by atomic mass is 16.6. The zero-order chi connectivity index (χ0) is 28.6. The third-order valence-corrected chi connectivity index (χ3v) is 5.72. The average molecular weight is 535 g/mol. The number of benzene rings is 1. The van der Waals surface area contributed by atoms with E-state index in [9.17, 15) is 29.1 Å². The maximum Gasteiger partial charge on any atom is 0.408 e. The number of alkyl carbamates (subject to hydrolysis) is 1. The molecule has 12 heteroatoms. The van der Waals surface area contributed by atoms with E-state index in [2.05, 4.69) is 10.6 Å². The molecule has 210 valence electrons. The molecular formula is C26H38N4O8. The number of primary amides is 1. The average Bonchev–Trinajstić information content (AvgIpc) is 3.50. The second-order valence-corrected chi connectivity index (χ2v) is 10.2. The highest BCUT2D eigenvalue weighted by molar-refractivity contribution is 5.95. The smallest absolute Gasteiger partial charge is 0.408 e. The van der Waals surface area contributed by atoms with Crippen LogP contribution in [0.15, 0.2) is 24.3 Å². The maximum absolute atomic E-state index is 13.9. The number of hydrogen-bond donors (Lipinski definition) is 4. The summed E-state index contributed by atoms with van der Waals surface area (Å²) in [4.78, 5) is 64.8. The minimum absolute atomic E-state index is 0.0295. The minimum atomic E-state index is -1.40. The van der Waals surface area contributed by atoms with Gasteiger partial charge in [-0.05, 0) is 57.7 Å². The van der Waals surface area contributed by atoms with Gasteiger partial charge in [0.15, 0.2) is 0 Å². The predicted octanol–water partition coefficient (Wildman–Crippen LogP) is 1.51. The van der Waals surface area contributed by atoms with Gasteiger partial charge in [0.05, 0.1) is 19.4 Å². The van der Waals surface area contributed by atoms with Gasteiger partial charge in [-0.1, -0.05) is 19.1 Å². The van der Waals surface area contributed by atoms with E-state index in [0.29, 0.717) is 12.0 Å². The molecule has 12 nitrogen and oxygen atoms in total. The number of ether oxygens (including phenoxy) is 2. The number of nitrogens with one attached hydrogen (secondary N) is 2. The molecule has 1 aromatic rings. The molecule has 5 N–H and O–H groups in total. The summed E-state index contributed by atoms with van der Waals surface area (Å²) in [5, 5.41) is 15.2. The second kappa shape index (κ2) is 13.1. The van der Waals surface area contributed by atoms with Crippen LogP contribution in [0.4, 0.5) is 4.79 Å². The van der Waals surface area contributed by atoms with E-state index < -0.39 is 53.9 Å². The summed E-state index contributed by atoms with van der Waals surface area (Å²) in [7, 11) is 0. The fraction of sp³-hybridized carbons (Fsp3) is 0.577. The third kappa shape index (κ3) is 9.24. The highest BCUT2D eigenvalue weighted by Gasteiger charge is 2.48. The summed E-state index contributed by atoms with van der Waals surface area (Å²) in [6.07, 6.45) is -0.946. The van der Waals surface area contributed by atoms with Gasteiger partial charge < -0.3 is 35.8 Å². The molecule has 1 aliphatic rings. The molecular weight excluding hydrogens is 496 g/mol. The summed E-state index contributed by atoms with van der Waals surface area (Å²) >= 11 is 0. The molecule has 0 saturated heterocycles. The van der Waals surface area contributed by atoms with E-state index in [1.807, 2.05) is 6.92 Å². The number of rotatable bonds is 12. The quantitative estimate of drug-likeness (QED) is 0.292. The molecule has 1 saturated carbocycles. The standard InChI is InChI=1S/C26H38N4O8/c1-6-37-21(33)10-11-28-23(34)22(16-8-7-9-17(31)13-16)30(19-12-15(19)2)24(35)18(14-20(27)32)29-25(36)38-26(3,4)5/h7-9,13,15,18-19,22,31H,6,10-12,14H2,1-5H3,(H2,27,32)(H,28,34)(H,29,36). The van der Waals surface area contributed by atoms with Gasteiger partial charge in [-0.3, -0.25) is 19.2 Å². The van der Waals surface area contributed by atoms with Crippen LogP contribution in [-0.2, 0) is 28.7 Å². The van der Waals surface area contributed by atoms with Crippen LogP contribution in [0, 0.1) is 5.92 Å². The van der Waals surface area contributed by atoms with Crippen molar-refractivity contribution in [3.63, 3.8) is 0 Å². The summed E-state index contributed by atoms with van der Waals surface area (Å²) < 4.78 is 10.1. The van der Waals surface area contributed by atoms with E-state index in [-0.39, 0.29) is 37.3 Å². The number of hydrogen-bond acceptors (Lipinski definition) is 8. The zero-order valence-electron chi connectivity index (χ0n) is 22.5. The first kappa shape index (κ1) is 30.4. The van der Waals surface area contributed by atoms with Gasteiger partial charge >= 0.3 is 12.1 Å². The molecule has 2 rings (SSSR count). The van der Waals surface area contributed by atoms with Gasteiger partial charge in [0.25, 0.3) is 0 Å². The molecule has 0 radical (unpaired) electrons. The molecule has 0 heterocycles. The van der Waals surface area contributed by atoms with E-state index in [4.69, 9.17) is 15.2 Å². The lowest BCUT2D eigenvalue weighted by Crippen LogP contribution is -2.55. The molecule has 1 fully saturated rings. The lowest BCUT2D eigenvalue weighted by Gasteiger charge is -2.35. The van der Waals surface area contributed by atoms with Gasteiger partial charge in [0.1, 0.15) is 23.4 Å². The normalized spacial score (nSPS) is 17.9. The van der Waals surface area contributed by atoms with Crippen molar-refractivity contribution in [3.05, 3.63) is 29.8 Å². The molecule has 38 heavy (non-hydrogen) atoms. The van der Waals surface area contributed by atoms with Gasteiger partial charge in [-0.2, -0.15) is 0 Å². The Morgan fingerprint density at radius 1 is 1.21 bits per heavy atom. The van der Waals surface area contributed by atoms with Gasteiger partial charge in [-0.25, -0.2) is 4.79 Å². The van der Waals surface area contributed by atoms with Crippen LogP contribution in [0.25, 0.3) is 0 Å². The Hall–Kier alpha value is -3.83. The van der Waals surface area contributed by atoms with Crippen LogP contribution in [0.1, 0.15) is 65.5 Å². The number of carbonyl (C=O) groups is 5. The fourth-order valence-corrected chi connectivity index (χ4v) is 3.95. The molecule has 0 bridgehead atoms. The molecule has 0 aliphatic heterocycles. The second-order valence-electron chi connectivity index (χ2n) is 10.2. The topological polar surface area (TPSA) is 177 Å². The van der Waals surface area contributed by atoms with Crippen molar-refractivity contribution in [2.45, 2.75) is 77.6 Å². The number of phenols is 1. The van der Waals surface area contributed by atoms with Crippen molar-refractivity contribution in [2.75, 3.05) is 13.2 Å². The number of carbonyl (C=O) groups excluding carboxylic acids is 5. The monoisotopic (exact) mass is 534 g/mol. The molecule has 1 aliphatic carbocycles. The first-order valence-corrected chi connectivity index (χ1v) is 12.6. The Labute approximate surface area is 222 Å². The number of nitrogens with two attached hydrogens (primary N) is 1. The van der Waals surface area contributed by atoms with Crippen LogP contribution in [0.3, 0.4) is 0 Å². The fourth-order valence-electron chi connectivity index (χ4n) is 3.95. The third-order valence-electron chi connectivity index (χ3n) is 5.72. The Morgan fingerprint density at radius 2 is 1.87 bits per heavy atom. The molecule has 4 atom stereocenters. The lowest BCUT2D eigenvalue weighted by atomic mass is 10.0. The van der Waals surface area contributed by atoms with Crippen LogP contribution in [-0.4, -0.2) is 70.6 Å². The van der Waals surface area contributed by atoms with Crippen LogP contribution >= 0.6 is 0 Å². The number of amides is 4. The van der Waals surface area contributed by atoms with Crippen molar-refractivity contribution < 1.29 is 38.6 Å². The first-order chi connectivity index (χ1) is 17.7. The van der Waals surface area contributed by atoms with Crippen molar-refractivity contribution in [2.24, 2.45) is 11.7 Å². The Balaban J connectivity index is 2.42. The molecule has 4 unspecified atom stereocenters. The Morgan fingerprint density at radius 3 is 2.39 bits per heavy atom. The predicted molar refractivity (Wildman–Crippen MR) is 136 cm³/mol. The molecule has 0 spiro atoms. The number of esters is 1. The summed E-state index contributed by atoms with van der Waals surface area (Å²) in [6, 6.07) is 2.86. The number of phenolic OH excluding ortho intramolecular Hbond substituents is 1. The Kier molecular flexibility index (Phi) is 10.5. The lowest BCUT2D eigenvalue weighted by molar-refractivity contribution is -0.145. The largest absolute Gasteiger partial charge is 0.508 e. The number of aromatic hydroxyl groups is 1. The SMILES string of the molecule is CCOC(=O)CCNC(=O)C(c1cccc(O)c1)N(C(=O)C(CC(N)=O)NC(=O)OC(C)(C)C)C1CC1C. The van der Waals surface area contributed by atoms with E-state index in [0.717, 1.165) is 0 Å². The molecule has 1 aromatic carbocycles. The summed E-state index contributed by atoms with van der Waals surface area (Å²) in [5.41, 5.74) is 4.82. The van der Waals surface area contributed by atoms with Crippen molar-refractivity contribution in [1.29, 1.82) is 0 Å². The van der Waals surface area contributed by atoms with E-state index in [1.54, 1.807) is 33.8 Å². The molecule has 4 amide bonds. The highest BCUT2D eigenvalue weighted by Crippen LogP contribution is 2.41. The van der Waals surface area contributed by atoms with Crippen LogP contribution in [0.2, 0.25) is 0 Å². The summed E-state index contributed by atoms with van der Waals surface area (Å²) in [5.74, 6) is -2.74. The van der Waals surface area contributed by atoms with E-state index >= 15 is 0 Å². The van der Waals surface area contributed by atoms with Crippen molar-refractivity contribution in [3.8, 4) is 5.75 Å². The number of nitrogens with zero attached hydrogens (tertiary/aromatic N) is 1. The molecule has 0 aromatic heterocycles. The minimum Gasteiger partial charge on any atom is -0.508 e. The zero-order valence-corrected chi connectivity index (χ0v) is 22.5. The van der Waals surface area contributed by atoms with Gasteiger partial charge in [0.2, 0.25) is 17.7 Å². The Bertz CT molecular complexity index is 1040. The van der Waals surface area contributed by atoms with Crippen LogP contribution in [0.5, 0.6) is 5.75 Å². The first-order valence-electron chi connectivity index (χ1n) is 12.6. The summed E-state index contributed by atoms with van der Waals surface area (Å²) in [6.45, 7) is 8.66. The van der Waals surface area contributed by atoms with E-state index in [1.165, 1.54) is 23.1 Å².